The Labute approximate surface area is 124 Å². The molecule has 21 heavy (non-hydrogen) atoms. The third kappa shape index (κ3) is 7.18. The van der Waals surface area contributed by atoms with Crippen LogP contribution in [0.3, 0.4) is 0 Å². The third-order valence-electron chi connectivity index (χ3n) is 3.06. The van der Waals surface area contributed by atoms with E-state index < -0.39 is 6.36 Å². The summed E-state index contributed by atoms with van der Waals surface area (Å²) in [6.07, 6.45) is 1.08. The topological polar surface area (TPSA) is 21.3 Å². The molecule has 5 heteroatoms. The molecule has 0 aromatic heterocycles. The molecular formula is C16H22F3NO. The van der Waals surface area contributed by atoms with Crippen LogP contribution in [0.5, 0.6) is 5.75 Å². The minimum absolute atomic E-state index is 0.143. The van der Waals surface area contributed by atoms with Crippen molar-refractivity contribution in [2.75, 3.05) is 6.54 Å². The van der Waals surface area contributed by atoms with Gasteiger partial charge in [-0.25, -0.2) is 0 Å². The van der Waals surface area contributed by atoms with E-state index in [-0.39, 0.29) is 11.8 Å². The van der Waals surface area contributed by atoms with Gasteiger partial charge in [-0.05, 0) is 49.9 Å². The molecule has 0 saturated carbocycles. The van der Waals surface area contributed by atoms with Crippen molar-refractivity contribution in [1.29, 1.82) is 0 Å². The van der Waals surface area contributed by atoms with E-state index in [1.807, 2.05) is 6.08 Å². The molecule has 1 rings (SSSR count). The molecule has 0 fully saturated rings. The first kappa shape index (κ1) is 17.6. The Morgan fingerprint density at radius 1 is 1.29 bits per heavy atom. The summed E-state index contributed by atoms with van der Waals surface area (Å²) < 4.78 is 40.3. The van der Waals surface area contributed by atoms with Crippen molar-refractivity contribution >= 4 is 0 Å². The maximum Gasteiger partial charge on any atom is 0.573 e. The van der Waals surface area contributed by atoms with Crippen LogP contribution in [0.15, 0.2) is 36.9 Å². The molecule has 0 heterocycles. The quantitative estimate of drug-likeness (QED) is 0.513. The molecule has 0 aliphatic heterocycles. The molecule has 1 N–H and O–H groups in total. The summed E-state index contributed by atoms with van der Waals surface area (Å²) in [6, 6.07) is 6.23. The molecule has 0 saturated heterocycles. The molecule has 0 aliphatic carbocycles. The van der Waals surface area contributed by atoms with Gasteiger partial charge in [-0.2, -0.15) is 0 Å². The largest absolute Gasteiger partial charge is 0.573 e. The third-order valence-corrected chi connectivity index (χ3v) is 3.06. The minimum Gasteiger partial charge on any atom is -0.406 e. The fourth-order valence-corrected chi connectivity index (χ4v) is 2.07. The number of benzene rings is 1. The van der Waals surface area contributed by atoms with Crippen LogP contribution in [0.4, 0.5) is 13.2 Å². The van der Waals surface area contributed by atoms with Crippen LogP contribution in [0.25, 0.3) is 0 Å². The number of ether oxygens (including phenoxy) is 1. The van der Waals surface area contributed by atoms with Crippen molar-refractivity contribution in [3.63, 3.8) is 0 Å². The molecule has 2 nitrogen and oxygen atoms in total. The number of nitrogens with one attached hydrogen (secondary N) is 1. The molecule has 0 radical (unpaired) electrons. The smallest absolute Gasteiger partial charge is 0.406 e. The van der Waals surface area contributed by atoms with Gasteiger partial charge in [0.1, 0.15) is 5.75 Å². The van der Waals surface area contributed by atoms with E-state index in [0.29, 0.717) is 0 Å². The van der Waals surface area contributed by atoms with Crippen LogP contribution < -0.4 is 10.1 Å². The van der Waals surface area contributed by atoms with Gasteiger partial charge < -0.3 is 10.1 Å². The fourth-order valence-electron chi connectivity index (χ4n) is 2.07. The van der Waals surface area contributed by atoms with Crippen LogP contribution in [-0.4, -0.2) is 12.9 Å². The average molecular weight is 301 g/mol. The monoisotopic (exact) mass is 301 g/mol. The number of allylic oxidation sites excluding steroid dienone is 1. The van der Waals surface area contributed by atoms with E-state index >= 15 is 0 Å². The zero-order valence-corrected chi connectivity index (χ0v) is 12.2. The molecule has 1 unspecified atom stereocenters. The Bertz CT molecular complexity index is 415. The maximum atomic E-state index is 12.1. The molecule has 1 atom stereocenters. The van der Waals surface area contributed by atoms with Gasteiger partial charge >= 0.3 is 6.36 Å². The Balaban J connectivity index is 2.70. The average Bonchev–Trinajstić information content (AvgIpc) is 2.42. The Morgan fingerprint density at radius 3 is 2.48 bits per heavy atom. The molecule has 1 aromatic rings. The van der Waals surface area contributed by atoms with Crippen molar-refractivity contribution < 1.29 is 17.9 Å². The second-order valence-electron chi connectivity index (χ2n) is 4.84. The van der Waals surface area contributed by atoms with Crippen LogP contribution >= 0.6 is 0 Å². The van der Waals surface area contributed by atoms with Gasteiger partial charge in [0.15, 0.2) is 0 Å². The first-order valence-electron chi connectivity index (χ1n) is 7.16. The molecule has 0 bridgehead atoms. The van der Waals surface area contributed by atoms with Crippen LogP contribution in [0, 0.1) is 0 Å². The van der Waals surface area contributed by atoms with Crippen LogP contribution in [0.1, 0.15) is 44.2 Å². The summed E-state index contributed by atoms with van der Waals surface area (Å²) in [6.45, 7) is 6.65. The normalized spacial score (nSPS) is 13.0. The number of hydrogen-bond acceptors (Lipinski definition) is 2. The lowest BCUT2D eigenvalue weighted by Crippen LogP contribution is -2.22. The highest BCUT2D eigenvalue weighted by molar-refractivity contribution is 5.29. The molecule has 118 valence electrons. The highest BCUT2D eigenvalue weighted by Crippen LogP contribution is 2.26. The first-order valence-corrected chi connectivity index (χ1v) is 7.16. The highest BCUT2D eigenvalue weighted by atomic mass is 19.4. The summed E-state index contributed by atoms with van der Waals surface area (Å²) in [5.41, 5.74) is 0.974. The molecule has 0 aliphatic rings. The van der Waals surface area contributed by atoms with Crippen LogP contribution in [-0.2, 0) is 0 Å². The lowest BCUT2D eigenvalue weighted by molar-refractivity contribution is -0.274. The zero-order valence-electron chi connectivity index (χ0n) is 12.2. The Kier molecular flexibility index (Phi) is 7.29. The number of hydrogen-bond donors (Lipinski definition) is 1. The number of unbranched alkanes of at least 4 members (excludes halogenated alkanes) is 1. The lowest BCUT2D eigenvalue weighted by Gasteiger charge is -2.19. The first-order chi connectivity index (χ1) is 9.96. The predicted octanol–water partition coefficient (Wildman–Crippen LogP) is 4.98. The maximum absolute atomic E-state index is 12.1. The van der Waals surface area contributed by atoms with E-state index in [4.69, 9.17) is 0 Å². The number of alkyl halides is 3. The number of rotatable bonds is 9. The van der Waals surface area contributed by atoms with Crippen molar-refractivity contribution in [2.45, 2.75) is 45.0 Å². The summed E-state index contributed by atoms with van der Waals surface area (Å²) in [5.74, 6) is -0.188. The van der Waals surface area contributed by atoms with E-state index in [0.717, 1.165) is 37.8 Å². The van der Waals surface area contributed by atoms with Gasteiger partial charge in [0.2, 0.25) is 0 Å². The number of halogens is 3. The van der Waals surface area contributed by atoms with E-state index in [1.165, 1.54) is 12.1 Å². The Hall–Kier alpha value is -1.49. The van der Waals surface area contributed by atoms with Crippen molar-refractivity contribution in [3.05, 3.63) is 42.5 Å². The van der Waals surface area contributed by atoms with Crippen molar-refractivity contribution in [2.24, 2.45) is 0 Å². The predicted molar refractivity (Wildman–Crippen MR) is 78.2 cm³/mol. The summed E-state index contributed by atoms with van der Waals surface area (Å²) in [4.78, 5) is 0. The van der Waals surface area contributed by atoms with Crippen molar-refractivity contribution in [1.82, 2.24) is 5.32 Å². The second kappa shape index (κ2) is 8.72. The molecule has 1 aromatic carbocycles. The molecule has 0 amide bonds. The van der Waals surface area contributed by atoms with Crippen molar-refractivity contribution in [3.8, 4) is 5.75 Å². The summed E-state index contributed by atoms with van der Waals surface area (Å²) >= 11 is 0. The Morgan fingerprint density at radius 2 is 1.95 bits per heavy atom. The minimum atomic E-state index is -4.65. The fraction of sp³-hybridized carbons (Fsp3) is 0.500. The lowest BCUT2D eigenvalue weighted by atomic mass is 10.0. The van der Waals surface area contributed by atoms with E-state index in [9.17, 15) is 13.2 Å². The zero-order chi connectivity index (χ0) is 15.7. The van der Waals surface area contributed by atoms with Gasteiger partial charge in [-0.3, -0.25) is 0 Å². The highest BCUT2D eigenvalue weighted by Gasteiger charge is 2.31. The summed E-state index contributed by atoms with van der Waals surface area (Å²) in [7, 11) is 0. The van der Waals surface area contributed by atoms with E-state index in [1.54, 1.807) is 12.1 Å². The van der Waals surface area contributed by atoms with Gasteiger partial charge in [0, 0.05) is 6.04 Å². The standard InChI is InChI=1S/C16H22F3NO/c1-3-5-6-7-15(20-12-4-2)13-8-10-14(11-9-13)21-16(17,18)19/h3,8-11,15,20H,1,4-7,12H2,2H3. The SMILES string of the molecule is C=CCCCC(NCCC)c1ccc(OC(F)(F)F)cc1. The molecule has 0 spiro atoms. The van der Waals surface area contributed by atoms with Gasteiger partial charge in [0.05, 0.1) is 0 Å². The van der Waals surface area contributed by atoms with Crippen LogP contribution in [0.2, 0.25) is 0 Å². The second-order valence-corrected chi connectivity index (χ2v) is 4.84. The van der Waals surface area contributed by atoms with E-state index in [2.05, 4.69) is 23.6 Å². The van der Waals surface area contributed by atoms with Gasteiger partial charge in [0.25, 0.3) is 0 Å². The molecular weight excluding hydrogens is 279 g/mol. The van der Waals surface area contributed by atoms with Gasteiger partial charge in [-0.1, -0.05) is 25.1 Å². The summed E-state index contributed by atoms with van der Waals surface area (Å²) in [5, 5.41) is 3.41. The van der Waals surface area contributed by atoms with Gasteiger partial charge in [-0.15, -0.1) is 19.8 Å².